The first kappa shape index (κ1) is 28.1. The molecule has 3 aromatic carbocycles. The molecule has 48 heavy (non-hydrogen) atoms. The number of pyridine rings is 4. The molecule has 228 valence electrons. The van der Waals surface area contributed by atoms with Crippen LogP contribution in [0.3, 0.4) is 0 Å². The number of rotatable bonds is 5. The number of anilines is 2. The molecule has 0 bridgehead atoms. The van der Waals surface area contributed by atoms with Crippen LogP contribution in [-0.2, 0) is 5.41 Å². The van der Waals surface area contributed by atoms with E-state index in [1.807, 2.05) is 49.1 Å². The van der Waals surface area contributed by atoms with Gasteiger partial charge in [-0.05, 0) is 101 Å². The third-order valence-corrected chi connectivity index (χ3v) is 9.76. The maximum atomic E-state index is 4.81. The lowest BCUT2D eigenvalue weighted by molar-refractivity contribution is 0.553. The number of benzene rings is 3. The Morgan fingerprint density at radius 1 is 0.583 bits per heavy atom. The van der Waals surface area contributed by atoms with E-state index in [9.17, 15) is 0 Å². The summed E-state index contributed by atoms with van der Waals surface area (Å²) in [4.78, 5) is 20.6. The van der Waals surface area contributed by atoms with Crippen LogP contribution in [0.15, 0.2) is 165 Å². The van der Waals surface area contributed by atoms with Gasteiger partial charge in [-0.2, -0.15) is 0 Å². The van der Waals surface area contributed by atoms with Gasteiger partial charge in [0, 0.05) is 70.7 Å². The summed E-state index contributed by atoms with van der Waals surface area (Å²) in [6.45, 7) is 2.37. The van der Waals surface area contributed by atoms with Crippen molar-refractivity contribution in [1.82, 2.24) is 19.9 Å². The Kier molecular flexibility index (Phi) is 6.57. The lowest BCUT2D eigenvalue weighted by atomic mass is 9.73. The summed E-state index contributed by atoms with van der Waals surface area (Å²) in [5, 5.41) is 2.47. The summed E-state index contributed by atoms with van der Waals surface area (Å²) in [5.74, 6) is 0. The average molecular weight is 618 g/mol. The maximum absolute atomic E-state index is 4.81. The molecule has 0 saturated carbocycles. The monoisotopic (exact) mass is 617 g/mol. The number of fused-ring (bicyclic) bond motifs is 4. The van der Waals surface area contributed by atoms with Gasteiger partial charge in [-0.25, -0.2) is 0 Å². The lowest BCUT2D eigenvalue weighted by Crippen LogP contribution is -2.39. The van der Waals surface area contributed by atoms with Gasteiger partial charge in [-0.1, -0.05) is 66.8 Å². The van der Waals surface area contributed by atoms with Crippen LogP contribution in [-0.4, -0.2) is 26.0 Å². The Labute approximate surface area is 279 Å². The molecule has 5 heterocycles. The van der Waals surface area contributed by atoms with E-state index >= 15 is 0 Å². The summed E-state index contributed by atoms with van der Waals surface area (Å²) in [6, 6.07) is 38.8. The van der Waals surface area contributed by atoms with Crippen LogP contribution in [0.1, 0.15) is 18.1 Å². The molecule has 0 saturated heterocycles. The number of hydrogen-bond acceptors (Lipinski definition) is 5. The highest BCUT2D eigenvalue weighted by atomic mass is 15.2. The molecule has 4 aromatic heterocycles. The summed E-state index contributed by atoms with van der Waals surface area (Å²) >= 11 is 0. The second-order valence-electron chi connectivity index (χ2n) is 12.7. The Balaban J connectivity index is 1.14. The van der Waals surface area contributed by atoms with Gasteiger partial charge in [0.2, 0.25) is 0 Å². The van der Waals surface area contributed by atoms with Crippen LogP contribution in [0.4, 0.5) is 11.4 Å². The zero-order chi connectivity index (χ0) is 32.1. The molecule has 0 fully saturated rings. The second kappa shape index (κ2) is 11.2. The van der Waals surface area contributed by atoms with Gasteiger partial charge in [-0.3, -0.25) is 19.9 Å². The zero-order valence-electron chi connectivity index (χ0n) is 26.4. The van der Waals surface area contributed by atoms with E-state index < -0.39 is 0 Å². The van der Waals surface area contributed by atoms with Crippen molar-refractivity contribution >= 4 is 27.7 Å². The van der Waals surface area contributed by atoms with Gasteiger partial charge in [0.05, 0.1) is 17.4 Å². The molecule has 7 aromatic rings. The molecule has 0 spiro atoms. The zero-order valence-corrected chi connectivity index (χ0v) is 26.4. The molecule has 2 atom stereocenters. The normalized spacial score (nSPS) is 18.0. The summed E-state index contributed by atoms with van der Waals surface area (Å²) in [6.07, 6.45) is 18.3. The van der Waals surface area contributed by atoms with Crippen molar-refractivity contribution in [2.75, 3.05) is 4.90 Å². The van der Waals surface area contributed by atoms with E-state index in [4.69, 9.17) is 9.97 Å². The van der Waals surface area contributed by atoms with Gasteiger partial charge in [0.1, 0.15) is 0 Å². The van der Waals surface area contributed by atoms with E-state index in [1.165, 1.54) is 27.7 Å². The number of aromatic nitrogens is 4. The first-order chi connectivity index (χ1) is 23.6. The molecule has 5 nitrogen and oxygen atoms in total. The summed E-state index contributed by atoms with van der Waals surface area (Å²) in [7, 11) is 0. The van der Waals surface area contributed by atoms with Gasteiger partial charge in [-0.15, -0.1) is 0 Å². The molecule has 1 aliphatic heterocycles. The molecule has 1 aliphatic carbocycles. The van der Waals surface area contributed by atoms with Crippen LogP contribution in [0.2, 0.25) is 0 Å². The fourth-order valence-electron chi connectivity index (χ4n) is 7.25. The molecule has 0 N–H and O–H groups in total. The molecular weight excluding hydrogens is 587 g/mol. The molecule has 0 amide bonds. The van der Waals surface area contributed by atoms with Crippen molar-refractivity contribution in [1.29, 1.82) is 0 Å². The number of hydrogen-bond donors (Lipinski definition) is 0. The minimum Gasteiger partial charge on any atom is -0.333 e. The van der Waals surface area contributed by atoms with E-state index in [0.717, 1.165) is 44.8 Å². The van der Waals surface area contributed by atoms with Gasteiger partial charge in [0.25, 0.3) is 0 Å². The molecule has 0 radical (unpaired) electrons. The SMILES string of the molecule is CC12C=C(c3ccc(-c4cccnc4)nc3)C=CC1N(c1ccc3ccccc3c1)c1ccc(-c3ccc(-c4cccnc4)nc3)cc12. The average Bonchev–Trinajstić information content (AvgIpc) is 3.42. The van der Waals surface area contributed by atoms with E-state index in [2.05, 4.69) is 125 Å². The maximum Gasteiger partial charge on any atom is 0.0717 e. The molecule has 2 aliphatic rings. The minimum atomic E-state index is -0.299. The van der Waals surface area contributed by atoms with Gasteiger partial charge < -0.3 is 4.90 Å². The quantitative estimate of drug-likeness (QED) is 0.192. The first-order valence-corrected chi connectivity index (χ1v) is 16.2. The van der Waals surface area contributed by atoms with Crippen molar-refractivity contribution < 1.29 is 0 Å². The Bertz CT molecular complexity index is 2350. The molecule has 2 unspecified atom stereocenters. The van der Waals surface area contributed by atoms with Crippen molar-refractivity contribution in [3.8, 4) is 33.6 Å². The Morgan fingerprint density at radius 3 is 1.94 bits per heavy atom. The van der Waals surface area contributed by atoms with Crippen LogP contribution in [0.5, 0.6) is 0 Å². The minimum absolute atomic E-state index is 0.0985. The van der Waals surface area contributed by atoms with E-state index in [0.29, 0.717) is 0 Å². The molecular formula is C43H31N5. The van der Waals surface area contributed by atoms with Crippen LogP contribution in [0, 0.1) is 0 Å². The van der Waals surface area contributed by atoms with Gasteiger partial charge in [0.15, 0.2) is 0 Å². The first-order valence-electron chi connectivity index (χ1n) is 16.2. The topological polar surface area (TPSA) is 54.8 Å². The second-order valence-corrected chi connectivity index (χ2v) is 12.7. The van der Waals surface area contributed by atoms with Crippen LogP contribution in [0.25, 0.3) is 50.0 Å². The number of allylic oxidation sites excluding steroid dienone is 2. The fraction of sp³-hybridized carbons (Fsp3) is 0.0698. The van der Waals surface area contributed by atoms with E-state index in [1.54, 1.807) is 12.4 Å². The molecule has 5 heteroatoms. The third-order valence-electron chi connectivity index (χ3n) is 9.76. The fourth-order valence-corrected chi connectivity index (χ4v) is 7.25. The van der Waals surface area contributed by atoms with Crippen molar-refractivity contribution in [2.45, 2.75) is 18.4 Å². The van der Waals surface area contributed by atoms with Crippen LogP contribution < -0.4 is 4.90 Å². The third kappa shape index (κ3) is 4.71. The van der Waals surface area contributed by atoms with Gasteiger partial charge >= 0.3 is 0 Å². The molecule has 9 rings (SSSR count). The highest BCUT2D eigenvalue weighted by molar-refractivity contribution is 5.91. The Hall–Kier alpha value is -6.20. The van der Waals surface area contributed by atoms with E-state index in [-0.39, 0.29) is 11.5 Å². The predicted molar refractivity (Wildman–Crippen MR) is 195 cm³/mol. The van der Waals surface area contributed by atoms with Crippen molar-refractivity contribution in [2.24, 2.45) is 0 Å². The largest absolute Gasteiger partial charge is 0.333 e. The lowest BCUT2D eigenvalue weighted by Gasteiger charge is -2.36. The smallest absolute Gasteiger partial charge is 0.0717 e. The highest BCUT2D eigenvalue weighted by Gasteiger charge is 2.47. The highest BCUT2D eigenvalue weighted by Crippen LogP contribution is 2.54. The summed E-state index contributed by atoms with van der Waals surface area (Å²) in [5.41, 5.74) is 11.7. The van der Waals surface area contributed by atoms with Crippen LogP contribution >= 0.6 is 0 Å². The predicted octanol–water partition coefficient (Wildman–Crippen LogP) is 9.85. The Morgan fingerprint density at radius 2 is 1.27 bits per heavy atom. The standard InChI is InChI=1S/C43H31N5/c1-43-24-32(34-12-17-40(47-28-34)36-9-5-21-45-26-36)14-19-42(43)48(37-15-10-29-6-2-3-7-30(29)22-37)41-18-13-31(23-38(41)43)33-11-16-39(46-27-33)35-8-4-20-44-25-35/h2-28,42H,1H3. The van der Waals surface area contributed by atoms with Crippen molar-refractivity contribution in [3.63, 3.8) is 0 Å². The number of nitrogens with zero attached hydrogens (tertiary/aromatic N) is 5. The summed E-state index contributed by atoms with van der Waals surface area (Å²) < 4.78 is 0. The van der Waals surface area contributed by atoms with Crippen molar-refractivity contribution in [3.05, 3.63) is 176 Å².